The second-order valence-corrected chi connectivity index (χ2v) is 2.73. The minimum Gasteiger partial charge on any atom is -0.255 e. The van der Waals surface area contributed by atoms with E-state index in [2.05, 4.69) is 25.0 Å². The van der Waals surface area contributed by atoms with E-state index in [-0.39, 0.29) is 0 Å². The Labute approximate surface area is 66.3 Å². The maximum Gasteiger partial charge on any atom is 0.128 e. The summed E-state index contributed by atoms with van der Waals surface area (Å²) in [4.78, 5) is 0. The molecule has 0 bridgehead atoms. The van der Waals surface area contributed by atoms with Crippen LogP contribution in [-0.2, 0) is 6.54 Å². The van der Waals surface area contributed by atoms with E-state index in [0.29, 0.717) is 12.5 Å². The quantitative estimate of drug-likeness (QED) is 0.639. The second-order valence-electron chi connectivity index (χ2n) is 2.73. The van der Waals surface area contributed by atoms with Crippen molar-refractivity contribution in [1.29, 1.82) is 5.26 Å². The summed E-state index contributed by atoms with van der Waals surface area (Å²) >= 11 is 0. The molecule has 0 fully saturated rings. The predicted molar refractivity (Wildman–Crippen MR) is 41.9 cm³/mol. The zero-order chi connectivity index (χ0) is 8.27. The summed E-state index contributed by atoms with van der Waals surface area (Å²) in [5.74, 6) is 0.436. The lowest BCUT2D eigenvalue weighted by Gasteiger charge is -2.05. The van der Waals surface area contributed by atoms with Crippen LogP contribution in [0.5, 0.6) is 0 Å². The van der Waals surface area contributed by atoms with Gasteiger partial charge in [0.25, 0.3) is 0 Å². The molecular formula is C8H11N3. The highest BCUT2D eigenvalue weighted by Crippen LogP contribution is 2.12. The van der Waals surface area contributed by atoms with Crippen LogP contribution in [0, 0.1) is 11.3 Å². The summed E-state index contributed by atoms with van der Waals surface area (Å²) in [7, 11) is 0. The molecule has 0 radical (unpaired) electrons. The van der Waals surface area contributed by atoms with Gasteiger partial charge >= 0.3 is 0 Å². The zero-order valence-electron chi connectivity index (χ0n) is 6.78. The third kappa shape index (κ3) is 1.58. The van der Waals surface area contributed by atoms with Crippen molar-refractivity contribution in [3.63, 3.8) is 0 Å². The number of nitrogens with zero attached hydrogens (tertiary/aromatic N) is 3. The van der Waals surface area contributed by atoms with Crippen molar-refractivity contribution in [3.8, 4) is 6.07 Å². The van der Waals surface area contributed by atoms with Gasteiger partial charge in [-0.2, -0.15) is 10.4 Å². The third-order valence-electron chi connectivity index (χ3n) is 1.56. The molecule has 0 saturated heterocycles. The lowest BCUT2D eigenvalue weighted by molar-refractivity contribution is 0.633. The van der Waals surface area contributed by atoms with Crippen molar-refractivity contribution >= 4 is 0 Å². The number of hydrogen-bond donors (Lipinski definition) is 0. The minimum absolute atomic E-state index is 0.348. The topological polar surface area (TPSA) is 41.6 Å². The number of nitriles is 1. The van der Waals surface area contributed by atoms with Crippen molar-refractivity contribution in [2.24, 2.45) is 0 Å². The highest BCUT2D eigenvalue weighted by atomic mass is 15.3. The summed E-state index contributed by atoms with van der Waals surface area (Å²) in [5.41, 5.74) is 1.12. The molecular weight excluding hydrogens is 138 g/mol. The number of aromatic nitrogens is 2. The van der Waals surface area contributed by atoms with Crippen LogP contribution in [0.15, 0.2) is 12.3 Å². The molecule has 0 saturated carbocycles. The fourth-order valence-corrected chi connectivity index (χ4v) is 1.03. The van der Waals surface area contributed by atoms with Crippen molar-refractivity contribution in [1.82, 2.24) is 9.78 Å². The first-order valence-electron chi connectivity index (χ1n) is 3.64. The molecule has 0 amide bonds. The standard InChI is InChI=1S/C8H11N3/c1-7(2)8-3-5-10-11(8)6-4-9/h3,5,7H,6H2,1-2H3. The molecule has 11 heavy (non-hydrogen) atoms. The Bertz CT molecular complexity index is 267. The van der Waals surface area contributed by atoms with Gasteiger partial charge in [-0.25, -0.2) is 0 Å². The third-order valence-corrected chi connectivity index (χ3v) is 1.56. The highest BCUT2D eigenvalue weighted by Gasteiger charge is 2.04. The summed E-state index contributed by atoms with van der Waals surface area (Å²) in [5, 5.41) is 12.5. The number of hydrogen-bond acceptors (Lipinski definition) is 2. The molecule has 0 N–H and O–H groups in total. The fraction of sp³-hybridized carbons (Fsp3) is 0.500. The van der Waals surface area contributed by atoms with Crippen LogP contribution in [0.4, 0.5) is 0 Å². The average molecular weight is 149 g/mol. The van der Waals surface area contributed by atoms with Crippen LogP contribution in [0.25, 0.3) is 0 Å². The van der Waals surface area contributed by atoms with Crippen molar-refractivity contribution < 1.29 is 0 Å². The van der Waals surface area contributed by atoms with E-state index >= 15 is 0 Å². The van der Waals surface area contributed by atoms with Crippen LogP contribution < -0.4 is 0 Å². The van der Waals surface area contributed by atoms with Gasteiger partial charge in [-0.15, -0.1) is 0 Å². The maximum absolute atomic E-state index is 8.43. The Balaban J connectivity index is 2.89. The van der Waals surface area contributed by atoms with E-state index in [0.717, 1.165) is 5.69 Å². The van der Waals surface area contributed by atoms with Crippen LogP contribution in [-0.4, -0.2) is 9.78 Å². The van der Waals surface area contributed by atoms with Gasteiger partial charge in [0, 0.05) is 11.9 Å². The summed E-state index contributed by atoms with van der Waals surface area (Å²) in [6, 6.07) is 4.01. The summed E-state index contributed by atoms with van der Waals surface area (Å²) in [6.07, 6.45) is 1.73. The maximum atomic E-state index is 8.43. The van der Waals surface area contributed by atoms with Gasteiger partial charge in [0.1, 0.15) is 6.54 Å². The smallest absolute Gasteiger partial charge is 0.128 e. The van der Waals surface area contributed by atoms with Crippen molar-refractivity contribution in [2.45, 2.75) is 26.3 Å². The first kappa shape index (κ1) is 7.80. The molecule has 1 heterocycles. The molecule has 0 spiro atoms. The second kappa shape index (κ2) is 3.20. The Morgan fingerprint density at radius 2 is 2.45 bits per heavy atom. The molecule has 3 nitrogen and oxygen atoms in total. The van der Waals surface area contributed by atoms with E-state index in [1.165, 1.54) is 0 Å². The summed E-state index contributed by atoms with van der Waals surface area (Å²) < 4.78 is 1.73. The zero-order valence-corrected chi connectivity index (χ0v) is 6.78. The van der Waals surface area contributed by atoms with Crippen LogP contribution in [0.1, 0.15) is 25.5 Å². The Kier molecular flexibility index (Phi) is 2.27. The van der Waals surface area contributed by atoms with Gasteiger partial charge < -0.3 is 0 Å². The average Bonchev–Trinajstić information content (AvgIpc) is 2.36. The van der Waals surface area contributed by atoms with Gasteiger partial charge in [0.2, 0.25) is 0 Å². The van der Waals surface area contributed by atoms with Crippen LogP contribution in [0.2, 0.25) is 0 Å². The van der Waals surface area contributed by atoms with Crippen LogP contribution >= 0.6 is 0 Å². The lowest BCUT2D eigenvalue weighted by atomic mass is 10.1. The molecule has 0 aromatic carbocycles. The van der Waals surface area contributed by atoms with Crippen LogP contribution in [0.3, 0.4) is 0 Å². The monoisotopic (exact) mass is 149 g/mol. The normalized spacial score (nSPS) is 10.0. The minimum atomic E-state index is 0.348. The van der Waals surface area contributed by atoms with E-state index < -0.39 is 0 Å². The number of rotatable bonds is 2. The summed E-state index contributed by atoms with van der Waals surface area (Å²) in [6.45, 7) is 4.52. The largest absolute Gasteiger partial charge is 0.255 e. The van der Waals surface area contributed by atoms with E-state index in [1.807, 2.05) is 6.07 Å². The Hall–Kier alpha value is -1.30. The first-order chi connectivity index (χ1) is 5.25. The highest BCUT2D eigenvalue weighted by molar-refractivity contribution is 5.06. The van der Waals surface area contributed by atoms with E-state index in [1.54, 1.807) is 10.9 Å². The van der Waals surface area contributed by atoms with E-state index in [4.69, 9.17) is 5.26 Å². The Morgan fingerprint density at radius 1 is 1.73 bits per heavy atom. The Morgan fingerprint density at radius 3 is 3.00 bits per heavy atom. The molecule has 1 aromatic heterocycles. The van der Waals surface area contributed by atoms with Gasteiger partial charge in [-0.3, -0.25) is 4.68 Å². The van der Waals surface area contributed by atoms with E-state index in [9.17, 15) is 0 Å². The molecule has 3 heteroatoms. The molecule has 0 aliphatic heterocycles. The van der Waals surface area contributed by atoms with Gasteiger partial charge in [-0.1, -0.05) is 13.8 Å². The predicted octanol–water partition coefficient (Wildman–Crippen LogP) is 1.53. The molecule has 0 aliphatic rings. The molecule has 1 aromatic rings. The fourth-order valence-electron chi connectivity index (χ4n) is 1.03. The van der Waals surface area contributed by atoms with Crippen molar-refractivity contribution in [2.75, 3.05) is 0 Å². The van der Waals surface area contributed by atoms with Gasteiger partial charge in [0.15, 0.2) is 0 Å². The molecule has 0 atom stereocenters. The lowest BCUT2D eigenvalue weighted by Crippen LogP contribution is -2.04. The van der Waals surface area contributed by atoms with Crippen molar-refractivity contribution in [3.05, 3.63) is 18.0 Å². The van der Waals surface area contributed by atoms with Gasteiger partial charge in [-0.05, 0) is 12.0 Å². The molecule has 0 aliphatic carbocycles. The van der Waals surface area contributed by atoms with Gasteiger partial charge in [0.05, 0.1) is 6.07 Å². The molecule has 0 unspecified atom stereocenters. The molecule has 58 valence electrons. The first-order valence-corrected chi connectivity index (χ1v) is 3.64. The molecule has 1 rings (SSSR count). The SMILES string of the molecule is CC(C)c1ccnn1CC#N.